The van der Waals surface area contributed by atoms with E-state index < -0.39 is 0 Å². The number of rotatable bonds is 6. The third-order valence-electron chi connectivity index (χ3n) is 4.43. The first-order valence-corrected chi connectivity index (χ1v) is 8.86. The maximum absolute atomic E-state index is 6.11. The van der Waals surface area contributed by atoms with Crippen LogP contribution in [0, 0.1) is 0 Å². The van der Waals surface area contributed by atoms with Gasteiger partial charge in [0.05, 0.1) is 36.1 Å². The Morgan fingerprint density at radius 2 is 1.36 bits per heavy atom. The molecule has 0 saturated heterocycles. The summed E-state index contributed by atoms with van der Waals surface area (Å²) in [6, 6.07) is 0.333. The molecule has 2 N–H and O–H groups in total. The monoisotopic (exact) mass is 313 g/mol. The molecule has 2 aliphatic rings. The van der Waals surface area contributed by atoms with Gasteiger partial charge in [0, 0.05) is 6.04 Å². The highest BCUT2D eigenvalue weighted by molar-refractivity contribution is 4.86. The minimum Gasteiger partial charge on any atom is -0.375 e. The van der Waals surface area contributed by atoms with Gasteiger partial charge >= 0.3 is 0 Å². The van der Waals surface area contributed by atoms with Crippen LogP contribution in [-0.2, 0) is 14.2 Å². The SMILES string of the molecule is CC(C)(C)OC1CCC(OCC(C)(C)OC2CC(N)C2)CC1. The van der Waals surface area contributed by atoms with E-state index in [2.05, 4.69) is 34.6 Å². The van der Waals surface area contributed by atoms with Crippen LogP contribution in [0.5, 0.6) is 0 Å². The summed E-state index contributed by atoms with van der Waals surface area (Å²) in [6.07, 6.45) is 7.41. The standard InChI is InChI=1S/C18H35NO3/c1-17(2,3)21-15-8-6-14(7-9-15)20-12-18(4,5)22-16-10-13(19)11-16/h13-16H,6-12,19H2,1-5H3. The third kappa shape index (κ3) is 6.15. The van der Waals surface area contributed by atoms with Crippen molar-refractivity contribution in [3.63, 3.8) is 0 Å². The molecule has 22 heavy (non-hydrogen) atoms. The Bertz CT molecular complexity index is 337. The van der Waals surface area contributed by atoms with E-state index in [1.807, 2.05) is 0 Å². The Morgan fingerprint density at radius 3 is 1.86 bits per heavy atom. The van der Waals surface area contributed by atoms with Gasteiger partial charge in [0.25, 0.3) is 0 Å². The molecule has 4 heteroatoms. The normalized spacial score (nSPS) is 33.5. The molecule has 0 heterocycles. The van der Waals surface area contributed by atoms with Crippen LogP contribution in [0.1, 0.15) is 73.1 Å². The number of ether oxygens (including phenoxy) is 3. The first-order chi connectivity index (χ1) is 10.1. The highest BCUT2D eigenvalue weighted by atomic mass is 16.6. The molecule has 0 bridgehead atoms. The van der Waals surface area contributed by atoms with Crippen molar-refractivity contribution in [2.24, 2.45) is 5.73 Å². The number of hydrogen-bond donors (Lipinski definition) is 1. The molecule has 2 saturated carbocycles. The van der Waals surface area contributed by atoms with Crippen LogP contribution in [0.25, 0.3) is 0 Å². The Morgan fingerprint density at radius 1 is 0.818 bits per heavy atom. The predicted molar refractivity (Wildman–Crippen MR) is 89.0 cm³/mol. The summed E-state index contributed by atoms with van der Waals surface area (Å²) in [5, 5.41) is 0. The number of hydrogen-bond acceptors (Lipinski definition) is 4. The van der Waals surface area contributed by atoms with Crippen molar-refractivity contribution in [1.29, 1.82) is 0 Å². The van der Waals surface area contributed by atoms with Gasteiger partial charge in [0.15, 0.2) is 0 Å². The average Bonchev–Trinajstić information content (AvgIpc) is 2.34. The molecule has 0 radical (unpaired) electrons. The van der Waals surface area contributed by atoms with Crippen LogP contribution in [-0.4, -0.2) is 42.2 Å². The van der Waals surface area contributed by atoms with Gasteiger partial charge in [0.1, 0.15) is 0 Å². The second-order valence-corrected chi connectivity index (χ2v) is 8.67. The van der Waals surface area contributed by atoms with Crippen molar-refractivity contribution in [3.05, 3.63) is 0 Å². The van der Waals surface area contributed by atoms with E-state index in [4.69, 9.17) is 19.9 Å². The van der Waals surface area contributed by atoms with Crippen molar-refractivity contribution in [3.8, 4) is 0 Å². The van der Waals surface area contributed by atoms with E-state index >= 15 is 0 Å². The Kier molecular flexibility index (Phi) is 5.92. The molecule has 2 fully saturated rings. The highest BCUT2D eigenvalue weighted by Crippen LogP contribution is 2.29. The molecule has 0 atom stereocenters. The first kappa shape index (κ1) is 18.2. The van der Waals surface area contributed by atoms with Crippen LogP contribution in [0.4, 0.5) is 0 Å². The summed E-state index contributed by atoms with van der Waals surface area (Å²) in [7, 11) is 0. The topological polar surface area (TPSA) is 53.7 Å². The van der Waals surface area contributed by atoms with Crippen LogP contribution >= 0.6 is 0 Å². The Balaban J connectivity index is 1.63. The molecule has 130 valence electrons. The lowest BCUT2D eigenvalue weighted by Gasteiger charge is -2.40. The second-order valence-electron chi connectivity index (χ2n) is 8.67. The summed E-state index contributed by atoms with van der Waals surface area (Å²) in [5.74, 6) is 0. The number of nitrogens with two attached hydrogens (primary N) is 1. The van der Waals surface area contributed by atoms with Crippen molar-refractivity contribution in [2.45, 2.75) is 109 Å². The lowest BCUT2D eigenvalue weighted by Crippen LogP contribution is -2.47. The lowest BCUT2D eigenvalue weighted by molar-refractivity contribution is -0.156. The third-order valence-corrected chi connectivity index (χ3v) is 4.43. The van der Waals surface area contributed by atoms with E-state index in [0.717, 1.165) is 38.5 Å². The van der Waals surface area contributed by atoms with Gasteiger partial charge in [-0.15, -0.1) is 0 Å². The Labute approximate surface area is 136 Å². The van der Waals surface area contributed by atoms with Crippen LogP contribution < -0.4 is 5.73 Å². The zero-order valence-electron chi connectivity index (χ0n) is 15.1. The molecule has 0 aromatic carbocycles. The first-order valence-electron chi connectivity index (χ1n) is 8.86. The molecule has 0 aromatic heterocycles. The van der Waals surface area contributed by atoms with Gasteiger partial charge in [-0.05, 0) is 73.1 Å². The predicted octanol–water partition coefficient (Wildman–Crippen LogP) is 3.41. The minimum absolute atomic E-state index is 0.0438. The van der Waals surface area contributed by atoms with Gasteiger partial charge in [-0.2, -0.15) is 0 Å². The van der Waals surface area contributed by atoms with Gasteiger partial charge in [-0.1, -0.05) is 0 Å². The molecule has 0 spiro atoms. The van der Waals surface area contributed by atoms with Crippen molar-refractivity contribution >= 4 is 0 Å². The van der Waals surface area contributed by atoms with E-state index in [0.29, 0.717) is 31.0 Å². The van der Waals surface area contributed by atoms with Crippen LogP contribution in [0.2, 0.25) is 0 Å². The Hall–Kier alpha value is -0.160. The maximum atomic E-state index is 6.11. The lowest BCUT2D eigenvalue weighted by atomic mass is 9.89. The zero-order chi connectivity index (χ0) is 16.4. The average molecular weight is 313 g/mol. The molecule has 0 amide bonds. The molecule has 0 aliphatic heterocycles. The van der Waals surface area contributed by atoms with Gasteiger partial charge < -0.3 is 19.9 Å². The summed E-state index contributed by atoms with van der Waals surface area (Å²) >= 11 is 0. The highest BCUT2D eigenvalue weighted by Gasteiger charge is 2.33. The fourth-order valence-electron chi connectivity index (χ4n) is 3.32. The second kappa shape index (κ2) is 7.16. The van der Waals surface area contributed by atoms with Crippen LogP contribution in [0.15, 0.2) is 0 Å². The van der Waals surface area contributed by atoms with E-state index in [9.17, 15) is 0 Å². The van der Waals surface area contributed by atoms with E-state index in [1.165, 1.54) is 0 Å². The largest absolute Gasteiger partial charge is 0.375 e. The summed E-state index contributed by atoms with van der Waals surface area (Å²) in [6.45, 7) is 11.3. The van der Waals surface area contributed by atoms with Crippen molar-refractivity contribution in [1.82, 2.24) is 0 Å². The van der Waals surface area contributed by atoms with E-state index in [-0.39, 0.29) is 11.2 Å². The van der Waals surface area contributed by atoms with Crippen molar-refractivity contribution < 1.29 is 14.2 Å². The van der Waals surface area contributed by atoms with E-state index in [1.54, 1.807) is 0 Å². The smallest absolute Gasteiger partial charge is 0.0862 e. The van der Waals surface area contributed by atoms with Crippen LogP contribution in [0.3, 0.4) is 0 Å². The summed E-state index contributed by atoms with van der Waals surface area (Å²) in [4.78, 5) is 0. The molecular formula is C18H35NO3. The molecule has 0 unspecified atom stereocenters. The fraction of sp³-hybridized carbons (Fsp3) is 1.00. The quantitative estimate of drug-likeness (QED) is 0.816. The molecular weight excluding hydrogens is 278 g/mol. The van der Waals surface area contributed by atoms with Gasteiger partial charge in [0.2, 0.25) is 0 Å². The molecule has 2 rings (SSSR count). The van der Waals surface area contributed by atoms with Gasteiger partial charge in [-0.3, -0.25) is 0 Å². The fourth-order valence-corrected chi connectivity index (χ4v) is 3.32. The molecule has 2 aliphatic carbocycles. The maximum Gasteiger partial charge on any atom is 0.0862 e. The zero-order valence-corrected chi connectivity index (χ0v) is 15.1. The summed E-state index contributed by atoms with van der Waals surface area (Å²) < 4.78 is 18.3. The molecule has 0 aromatic rings. The molecule has 4 nitrogen and oxygen atoms in total. The minimum atomic E-state index is -0.219. The van der Waals surface area contributed by atoms with Crippen molar-refractivity contribution in [2.75, 3.05) is 6.61 Å². The summed E-state index contributed by atoms with van der Waals surface area (Å²) in [5.41, 5.74) is 5.55. The van der Waals surface area contributed by atoms with Gasteiger partial charge in [-0.25, -0.2) is 0 Å².